The number of H-pyrrole nitrogens is 1. The number of amides is 1. The highest BCUT2D eigenvalue weighted by Crippen LogP contribution is 2.33. The first-order valence-electron chi connectivity index (χ1n) is 8.39. The molecule has 1 amide bonds. The summed E-state index contributed by atoms with van der Waals surface area (Å²) < 4.78 is 1.68. The van der Waals surface area contributed by atoms with Crippen LogP contribution in [0.3, 0.4) is 0 Å². The van der Waals surface area contributed by atoms with Crippen molar-refractivity contribution in [3.8, 4) is 0 Å². The Balaban J connectivity index is 1.57. The lowest BCUT2D eigenvalue weighted by Gasteiger charge is -2.35. The summed E-state index contributed by atoms with van der Waals surface area (Å²) in [6.07, 6.45) is 3.05. The van der Waals surface area contributed by atoms with Gasteiger partial charge in [-0.05, 0) is 18.3 Å². The zero-order valence-electron chi connectivity index (χ0n) is 13.9. The van der Waals surface area contributed by atoms with Gasteiger partial charge in [0.15, 0.2) is 10.8 Å². The van der Waals surface area contributed by atoms with Crippen LogP contribution in [0.25, 0.3) is 11.0 Å². The minimum Gasteiger partial charge on any atom is -0.342 e. The minimum absolute atomic E-state index is 0.105. The Labute approximate surface area is 143 Å². The minimum atomic E-state index is -0.121. The molecule has 128 valence electrons. The molecular formula is C16H21N5O2S. The second kappa shape index (κ2) is 5.91. The van der Waals surface area contributed by atoms with Crippen molar-refractivity contribution in [3.63, 3.8) is 0 Å². The molecule has 0 bridgehead atoms. The van der Waals surface area contributed by atoms with Crippen LogP contribution < -0.4 is 5.56 Å². The highest BCUT2D eigenvalue weighted by molar-refractivity contribution is 7.99. The van der Waals surface area contributed by atoms with Gasteiger partial charge in [0.2, 0.25) is 5.91 Å². The van der Waals surface area contributed by atoms with Crippen LogP contribution in [0.1, 0.15) is 32.7 Å². The molecule has 1 saturated heterocycles. The molecule has 4 rings (SSSR count). The van der Waals surface area contributed by atoms with E-state index >= 15 is 0 Å². The number of likely N-dealkylation sites (tertiary alicyclic amines) is 1. The molecule has 2 aromatic rings. The second-order valence-corrected chi connectivity index (χ2v) is 8.10. The standard InChI is InChI=1S/C16H21N5O2S/c1-9-3-10(2)7-20(6-9)13(22)4-11-8-24-16-18-14-12(5-17-19-14)15(23)21(11)16/h5,9-11H,3-4,6-8H2,1-2H3,(H,17,19). The number of nitrogens with one attached hydrogen (secondary N) is 1. The van der Waals surface area contributed by atoms with Crippen molar-refractivity contribution < 1.29 is 4.79 Å². The van der Waals surface area contributed by atoms with Crippen molar-refractivity contribution >= 4 is 28.7 Å². The monoisotopic (exact) mass is 347 g/mol. The number of piperidine rings is 1. The number of thioether (sulfide) groups is 1. The number of nitrogens with zero attached hydrogens (tertiary/aromatic N) is 4. The van der Waals surface area contributed by atoms with Crippen molar-refractivity contribution in [3.05, 3.63) is 16.6 Å². The fourth-order valence-electron chi connectivity index (χ4n) is 3.90. The number of aromatic amines is 1. The highest BCUT2D eigenvalue weighted by atomic mass is 32.2. The predicted molar refractivity (Wildman–Crippen MR) is 92.1 cm³/mol. The number of hydrogen-bond donors (Lipinski definition) is 1. The van der Waals surface area contributed by atoms with Gasteiger partial charge in [-0.15, -0.1) is 0 Å². The zero-order valence-corrected chi connectivity index (χ0v) is 14.7. The summed E-state index contributed by atoms with van der Waals surface area (Å²) in [5.41, 5.74) is 0.413. The first-order chi connectivity index (χ1) is 11.5. The Morgan fingerprint density at radius 1 is 1.38 bits per heavy atom. The summed E-state index contributed by atoms with van der Waals surface area (Å²) in [4.78, 5) is 31.8. The van der Waals surface area contributed by atoms with Gasteiger partial charge < -0.3 is 4.90 Å². The van der Waals surface area contributed by atoms with Gasteiger partial charge in [-0.25, -0.2) is 4.98 Å². The topological polar surface area (TPSA) is 83.9 Å². The van der Waals surface area contributed by atoms with Gasteiger partial charge >= 0.3 is 0 Å². The third-order valence-corrected chi connectivity index (χ3v) is 5.98. The van der Waals surface area contributed by atoms with Crippen molar-refractivity contribution in [1.82, 2.24) is 24.6 Å². The fourth-order valence-corrected chi connectivity index (χ4v) is 5.04. The molecule has 1 fully saturated rings. The van der Waals surface area contributed by atoms with Gasteiger partial charge in [-0.1, -0.05) is 25.6 Å². The Morgan fingerprint density at radius 2 is 2.12 bits per heavy atom. The van der Waals surface area contributed by atoms with E-state index in [1.807, 2.05) is 4.90 Å². The summed E-state index contributed by atoms with van der Waals surface area (Å²) >= 11 is 1.53. The molecule has 0 aromatic carbocycles. The third kappa shape index (κ3) is 2.62. The van der Waals surface area contributed by atoms with E-state index in [4.69, 9.17) is 0 Å². The lowest BCUT2D eigenvalue weighted by atomic mass is 9.91. The number of fused-ring (bicyclic) bond motifs is 2. The van der Waals surface area contributed by atoms with Crippen LogP contribution >= 0.6 is 11.8 Å². The summed E-state index contributed by atoms with van der Waals surface area (Å²) in [5, 5.41) is 7.80. The molecule has 2 aliphatic rings. The summed E-state index contributed by atoms with van der Waals surface area (Å²) in [6, 6.07) is -0.121. The Morgan fingerprint density at radius 3 is 2.88 bits per heavy atom. The summed E-state index contributed by atoms with van der Waals surface area (Å²) in [7, 11) is 0. The number of aromatic nitrogens is 4. The SMILES string of the molecule is CC1CC(C)CN(C(=O)CC2CSc3nc4[nH]ncc4c(=O)n32)C1. The average molecular weight is 347 g/mol. The van der Waals surface area contributed by atoms with Gasteiger partial charge in [-0.3, -0.25) is 19.3 Å². The lowest BCUT2D eigenvalue weighted by Crippen LogP contribution is -2.43. The molecule has 1 N–H and O–H groups in total. The Hall–Kier alpha value is -1.83. The predicted octanol–water partition coefficient (Wildman–Crippen LogP) is 1.66. The molecule has 0 spiro atoms. The Kier molecular flexibility index (Phi) is 3.86. The van der Waals surface area contributed by atoms with Gasteiger partial charge in [-0.2, -0.15) is 5.10 Å². The number of carbonyl (C=O) groups excluding carboxylic acids is 1. The largest absolute Gasteiger partial charge is 0.342 e. The van der Waals surface area contributed by atoms with E-state index in [1.165, 1.54) is 24.4 Å². The van der Waals surface area contributed by atoms with E-state index < -0.39 is 0 Å². The van der Waals surface area contributed by atoms with Crippen molar-refractivity contribution in [2.45, 2.75) is 37.9 Å². The molecule has 7 nitrogen and oxygen atoms in total. The van der Waals surface area contributed by atoms with E-state index in [0.29, 0.717) is 40.2 Å². The van der Waals surface area contributed by atoms with Gasteiger partial charge in [0.25, 0.3) is 5.56 Å². The summed E-state index contributed by atoms with van der Waals surface area (Å²) in [5.74, 6) is 1.94. The maximum absolute atomic E-state index is 12.7. The van der Waals surface area contributed by atoms with E-state index in [1.54, 1.807) is 4.57 Å². The Bertz CT molecular complexity index is 835. The molecule has 3 unspecified atom stereocenters. The number of rotatable bonds is 2. The molecule has 2 aliphatic heterocycles. The second-order valence-electron chi connectivity index (χ2n) is 7.12. The molecule has 0 saturated carbocycles. The van der Waals surface area contributed by atoms with Crippen LogP contribution in [0.15, 0.2) is 16.1 Å². The van der Waals surface area contributed by atoms with Gasteiger partial charge in [0, 0.05) is 25.3 Å². The maximum Gasteiger partial charge on any atom is 0.265 e. The lowest BCUT2D eigenvalue weighted by molar-refractivity contribution is -0.134. The van der Waals surface area contributed by atoms with E-state index in [-0.39, 0.29) is 17.5 Å². The molecule has 8 heteroatoms. The van der Waals surface area contributed by atoms with Crippen LogP contribution in [0, 0.1) is 11.8 Å². The molecule has 0 aliphatic carbocycles. The molecule has 3 atom stereocenters. The normalized spacial score (nSPS) is 26.8. The zero-order chi connectivity index (χ0) is 16.8. The van der Waals surface area contributed by atoms with Crippen LogP contribution in [-0.2, 0) is 4.79 Å². The molecule has 2 aromatic heterocycles. The molecule has 4 heterocycles. The van der Waals surface area contributed by atoms with Gasteiger partial charge in [0.1, 0.15) is 5.39 Å². The smallest absolute Gasteiger partial charge is 0.265 e. The quantitative estimate of drug-likeness (QED) is 0.835. The number of carbonyl (C=O) groups is 1. The maximum atomic E-state index is 12.7. The van der Waals surface area contributed by atoms with E-state index in [0.717, 1.165) is 13.1 Å². The first-order valence-corrected chi connectivity index (χ1v) is 9.37. The molecule has 24 heavy (non-hydrogen) atoms. The van der Waals surface area contributed by atoms with E-state index in [2.05, 4.69) is 29.0 Å². The van der Waals surface area contributed by atoms with E-state index in [9.17, 15) is 9.59 Å². The van der Waals surface area contributed by atoms with Gasteiger partial charge in [0.05, 0.1) is 12.2 Å². The van der Waals surface area contributed by atoms with Crippen LogP contribution in [0.5, 0.6) is 0 Å². The van der Waals surface area contributed by atoms with Crippen molar-refractivity contribution in [2.24, 2.45) is 11.8 Å². The van der Waals surface area contributed by atoms with Crippen LogP contribution in [0.2, 0.25) is 0 Å². The molecular weight excluding hydrogens is 326 g/mol. The average Bonchev–Trinajstić information content (AvgIpc) is 3.14. The van der Waals surface area contributed by atoms with Crippen molar-refractivity contribution in [1.29, 1.82) is 0 Å². The van der Waals surface area contributed by atoms with Crippen molar-refractivity contribution in [2.75, 3.05) is 18.8 Å². The highest BCUT2D eigenvalue weighted by Gasteiger charge is 2.32. The first kappa shape index (κ1) is 15.7. The summed E-state index contributed by atoms with van der Waals surface area (Å²) in [6.45, 7) is 6.04. The molecule has 0 radical (unpaired) electrons. The van der Waals surface area contributed by atoms with Crippen LogP contribution in [0.4, 0.5) is 0 Å². The fraction of sp³-hybridized carbons (Fsp3) is 0.625. The third-order valence-electron chi connectivity index (χ3n) is 4.88. The number of hydrogen-bond acceptors (Lipinski definition) is 5. The van der Waals surface area contributed by atoms with Crippen LogP contribution in [-0.4, -0.2) is 49.4 Å².